The van der Waals surface area contributed by atoms with Gasteiger partial charge in [-0.1, -0.05) is 60.7 Å². The number of carbonyl (C=O) groups is 2. The van der Waals surface area contributed by atoms with Crippen LogP contribution in [0.5, 0.6) is 0 Å². The summed E-state index contributed by atoms with van der Waals surface area (Å²) in [6.07, 6.45) is 0. The molecule has 0 bridgehead atoms. The average Bonchev–Trinajstić information content (AvgIpc) is 2.56. The molecule has 2 aromatic rings. The predicted octanol–water partition coefficient (Wildman–Crippen LogP) is 2.23. The van der Waals surface area contributed by atoms with E-state index in [-0.39, 0.29) is 19.0 Å². The van der Waals surface area contributed by atoms with Crippen molar-refractivity contribution in [3.63, 3.8) is 0 Å². The Morgan fingerprint density at radius 2 is 1.29 bits per heavy atom. The highest BCUT2D eigenvalue weighted by Crippen LogP contribution is 2.10. The number of nitrogens with zero attached hydrogens (tertiary/aromatic N) is 2. The maximum Gasteiger partial charge on any atom is 0.323 e. The number of hydrogen-bond acceptors (Lipinski definition) is 3. The van der Waals surface area contributed by atoms with Gasteiger partial charge in [-0.2, -0.15) is 0 Å². The molecule has 1 N–H and O–H groups in total. The summed E-state index contributed by atoms with van der Waals surface area (Å²) in [5, 5.41) is 8.83. The van der Waals surface area contributed by atoms with E-state index in [0.717, 1.165) is 11.1 Å². The Bertz CT molecular complexity index is 617. The van der Waals surface area contributed by atoms with Crippen LogP contribution in [0.3, 0.4) is 0 Å². The highest BCUT2D eigenvalue weighted by molar-refractivity contribution is 5.82. The van der Waals surface area contributed by atoms with Crippen molar-refractivity contribution < 1.29 is 14.7 Å². The van der Waals surface area contributed by atoms with Crippen molar-refractivity contribution in [3.8, 4) is 0 Å². The lowest BCUT2D eigenvalue weighted by Gasteiger charge is -2.24. The number of likely N-dealkylation sites (N-methyl/N-ethyl adjacent to an activating group) is 1. The normalized spacial score (nSPS) is 10.6. The maximum atomic E-state index is 12.3. The molecule has 0 saturated carbocycles. The van der Waals surface area contributed by atoms with Crippen LogP contribution in [-0.2, 0) is 22.7 Å². The van der Waals surface area contributed by atoms with E-state index in [4.69, 9.17) is 5.11 Å². The van der Waals surface area contributed by atoms with Gasteiger partial charge in [0.15, 0.2) is 0 Å². The third-order valence-corrected chi connectivity index (χ3v) is 3.66. The lowest BCUT2D eigenvalue weighted by atomic mass is 10.1. The second kappa shape index (κ2) is 8.84. The molecule has 0 fully saturated rings. The predicted molar refractivity (Wildman–Crippen MR) is 92.3 cm³/mol. The first-order chi connectivity index (χ1) is 11.5. The Labute approximate surface area is 142 Å². The van der Waals surface area contributed by atoms with Gasteiger partial charge < -0.3 is 10.0 Å². The first kappa shape index (κ1) is 17.7. The molecular weight excluding hydrogens is 304 g/mol. The van der Waals surface area contributed by atoms with E-state index in [2.05, 4.69) is 0 Å². The lowest BCUT2D eigenvalue weighted by molar-refractivity contribution is -0.144. The van der Waals surface area contributed by atoms with Crippen molar-refractivity contribution in [1.29, 1.82) is 0 Å². The monoisotopic (exact) mass is 326 g/mol. The molecule has 0 aliphatic rings. The SMILES string of the molecule is CN(CC(=O)O)C(=O)CN(Cc1ccccc1)Cc1ccccc1. The van der Waals surface area contributed by atoms with E-state index in [0.29, 0.717) is 13.1 Å². The van der Waals surface area contributed by atoms with E-state index in [1.54, 1.807) is 0 Å². The molecule has 0 unspecified atom stereocenters. The van der Waals surface area contributed by atoms with Crippen LogP contribution in [0.4, 0.5) is 0 Å². The van der Waals surface area contributed by atoms with Gasteiger partial charge in [-0.25, -0.2) is 0 Å². The number of rotatable bonds is 8. The first-order valence-electron chi connectivity index (χ1n) is 7.80. The lowest BCUT2D eigenvalue weighted by Crippen LogP contribution is -2.40. The summed E-state index contributed by atoms with van der Waals surface area (Å²) < 4.78 is 0. The summed E-state index contributed by atoms with van der Waals surface area (Å²) in [4.78, 5) is 26.3. The molecular formula is C19H22N2O3. The fraction of sp³-hybridized carbons (Fsp3) is 0.263. The molecule has 0 spiro atoms. The van der Waals surface area contributed by atoms with Crippen LogP contribution in [0.15, 0.2) is 60.7 Å². The van der Waals surface area contributed by atoms with Crippen LogP contribution in [0, 0.1) is 0 Å². The second-order valence-corrected chi connectivity index (χ2v) is 5.76. The standard InChI is InChI=1S/C19H22N2O3/c1-20(15-19(23)24)18(22)14-21(12-16-8-4-2-5-9-16)13-17-10-6-3-7-11-17/h2-11H,12-15H2,1H3,(H,23,24). The van der Waals surface area contributed by atoms with Crippen LogP contribution in [-0.4, -0.2) is 46.9 Å². The molecule has 5 nitrogen and oxygen atoms in total. The second-order valence-electron chi connectivity index (χ2n) is 5.76. The number of amides is 1. The Hall–Kier alpha value is -2.66. The van der Waals surface area contributed by atoms with Crippen molar-refractivity contribution >= 4 is 11.9 Å². The van der Waals surface area contributed by atoms with E-state index >= 15 is 0 Å². The summed E-state index contributed by atoms with van der Waals surface area (Å²) in [5.41, 5.74) is 2.23. The third-order valence-electron chi connectivity index (χ3n) is 3.66. The van der Waals surface area contributed by atoms with Gasteiger partial charge in [0.2, 0.25) is 5.91 Å². The molecule has 2 aromatic carbocycles. The van der Waals surface area contributed by atoms with Crippen molar-refractivity contribution in [1.82, 2.24) is 9.80 Å². The summed E-state index contributed by atoms with van der Waals surface area (Å²) in [6, 6.07) is 19.8. The molecule has 0 atom stereocenters. The molecule has 0 radical (unpaired) electrons. The molecule has 0 aliphatic carbocycles. The van der Waals surface area contributed by atoms with Gasteiger partial charge in [0.25, 0.3) is 0 Å². The zero-order valence-corrected chi connectivity index (χ0v) is 13.8. The summed E-state index contributed by atoms with van der Waals surface area (Å²) in [6.45, 7) is 1.14. The Morgan fingerprint density at radius 3 is 1.71 bits per heavy atom. The smallest absolute Gasteiger partial charge is 0.323 e. The quantitative estimate of drug-likeness (QED) is 0.808. The molecule has 0 saturated heterocycles. The minimum Gasteiger partial charge on any atom is -0.480 e. The highest BCUT2D eigenvalue weighted by atomic mass is 16.4. The van der Waals surface area contributed by atoms with Gasteiger partial charge in [0.05, 0.1) is 6.54 Å². The molecule has 24 heavy (non-hydrogen) atoms. The molecule has 0 aliphatic heterocycles. The van der Waals surface area contributed by atoms with Crippen molar-refractivity contribution in [3.05, 3.63) is 71.8 Å². The first-order valence-corrected chi connectivity index (χ1v) is 7.80. The minimum atomic E-state index is -1.01. The van der Waals surface area contributed by atoms with Gasteiger partial charge >= 0.3 is 5.97 Å². The zero-order chi connectivity index (χ0) is 17.4. The van der Waals surface area contributed by atoms with Crippen LogP contribution in [0.1, 0.15) is 11.1 Å². The number of carboxylic acid groups (broad SMARTS) is 1. The summed E-state index contributed by atoms with van der Waals surface area (Å²) in [5.74, 6) is -1.22. The van der Waals surface area contributed by atoms with Gasteiger partial charge in [0.1, 0.15) is 6.54 Å². The van der Waals surface area contributed by atoms with E-state index in [1.807, 2.05) is 65.6 Å². The van der Waals surface area contributed by atoms with Crippen molar-refractivity contribution in [2.75, 3.05) is 20.1 Å². The highest BCUT2D eigenvalue weighted by Gasteiger charge is 2.17. The molecule has 126 valence electrons. The van der Waals surface area contributed by atoms with Crippen LogP contribution < -0.4 is 0 Å². The molecule has 5 heteroatoms. The minimum absolute atomic E-state index is 0.174. The topological polar surface area (TPSA) is 60.9 Å². The Balaban J connectivity index is 2.07. The summed E-state index contributed by atoms with van der Waals surface area (Å²) in [7, 11) is 1.51. The van der Waals surface area contributed by atoms with Gasteiger partial charge in [-0.05, 0) is 11.1 Å². The number of aliphatic carboxylic acids is 1. The number of hydrogen-bond donors (Lipinski definition) is 1. The van der Waals surface area contributed by atoms with Crippen LogP contribution in [0.25, 0.3) is 0 Å². The van der Waals surface area contributed by atoms with Crippen LogP contribution >= 0.6 is 0 Å². The molecule has 1 amide bonds. The van der Waals surface area contributed by atoms with Gasteiger partial charge in [-0.3, -0.25) is 14.5 Å². The van der Waals surface area contributed by atoms with Crippen molar-refractivity contribution in [2.45, 2.75) is 13.1 Å². The third kappa shape index (κ3) is 5.85. The maximum absolute atomic E-state index is 12.3. The number of benzene rings is 2. The fourth-order valence-corrected chi connectivity index (χ4v) is 2.45. The largest absolute Gasteiger partial charge is 0.480 e. The summed E-state index contributed by atoms with van der Waals surface area (Å²) >= 11 is 0. The van der Waals surface area contributed by atoms with E-state index < -0.39 is 5.97 Å². The molecule has 2 rings (SSSR count). The van der Waals surface area contributed by atoms with E-state index in [1.165, 1.54) is 11.9 Å². The average molecular weight is 326 g/mol. The zero-order valence-electron chi connectivity index (χ0n) is 13.8. The van der Waals surface area contributed by atoms with Gasteiger partial charge in [0, 0.05) is 20.1 Å². The van der Waals surface area contributed by atoms with Gasteiger partial charge in [-0.15, -0.1) is 0 Å². The molecule has 0 aromatic heterocycles. The van der Waals surface area contributed by atoms with Crippen LogP contribution in [0.2, 0.25) is 0 Å². The number of carbonyl (C=O) groups excluding carboxylic acids is 1. The molecule has 0 heterocycles. The van der Waals surface area contributed by atoms with E-state index in [9.17, 15) is 9.59 Å². The number of carboxylic acids is 1. The Morgan fingerprint density at radius 1 is 0.833 bits per heavy atom. The Kier molecular flexibility index (Phi) is 6.51. The van der Waals surface area contributed by atoms with Crippen molar-refractivity contribution in [2.24, 2.45) is 0 Å². The fourth-order valence-electron chi connectivity index (χ4n) is 2.45.